The number of carbonyl (C=O) groups is 1. The van der Waals surface area contributed by atoms with Crippen molar-refractivity contribution in [3.63, 3.8) is 0 Å². The summed E-state index contributed by atoms with van der Waals surface area (Å²) in [5, 5.41) is 5.71. The van der Waals surface area contributed by atoms with Crippen LogP contribution in [0.4, 0.5) is 17.8 Å². The van der Waals surface area contributed by atoms with Gasteiger partial charge < -0.3 is 21.3 Å². The average molecular weight is 265 g/mol. The first-order valence-corrected chi connectivity index (χ1v) is 6.40. The summed E-state index contributed by atoms with van der Waals surface area (Å²) in [7, 11) is 0. The van der Waals surface area contributed by atoms with Crippen molar-refractivity contribution in [1.82, 2.24) is 20.3 Å². The fraction of sp³-hybridized carbons (Fsp3) is 0.636. The number of rotatable bonds is 5. The number of nitrogen functional groups attached to an aromatic ring is 1. The van der Waals surface area contributed by atoms with Gasteiger partial charge in [0.15, 0.2) is 0 Å². The largest absolute Gasteiger partial charge is 0.368 e. The van der Waals surface area contributed by atoms with Crippen LogP contribution in [0, 0.1) is 0 Å². The van der Waals surface area contributed by atoms with E-state index in [0.717, 1.165) is 25.9 Å². The molecule has 0 aliphatic carbocycles. The van der Waals surface area contributed by atoms with Crippen LogP contribution >= 0.6 is 0 Å². The molecular formula is C11H19N7O. The Morgan fingerprint density at radius 1 is 1.26 bits per heavy atom. The molecular weight excluding hydrogens is 246 g/mol. The van der Waals surface area contributed by atoms with E-state index in [-0.39, 0.29) is 11.9 Å². The molecule has 19 heavy (non-hydrogen) atoms. The lowest BCUT2D eigenvalue weighted by Gasteiger charge is -2.16. The highest BCUT2D eigenvalue weighted by Crippen LogP contribution is 2.17. The highest BCUT2D eigenvalue weighted by atomic mass is 16.1. The zero-order chi connectivity index (χ0) is 13.7. The summed E-state index contributed by atoms with van der Waals surface area (Å²) in [4.78, 5) is 25.3. The maximum absolute atomic E-state index is 10.7. The van der Waals surface area contributed by atoms with Crippen molar-refractivity contribution in [3.05, 3.63) is 0 Å². The summed E-state index contributed by atoms with van der Waals surface area (Å²) >= 11 is 0. The Kier molecular flexibility index (Phi) is 4.32. The van der Waals surface area contributed by atoms with Gasteiger partial charge in [-0.2, -0.15) is 15.0 Å². The fourth-order valence-corrected chi connectivity index (χ4v) is 1.93. The average Bonchev–Trinajstić information content (AvgIpc) is 2.87. The van der Waals surface area contributed by atoms with Crippen molar-refractivity contribution in [2.24, 2.45) is 0 Å². The number of nitrogens with one attached hydrogen (secondary N) is 2. The molecule has 0 radical (unpaired) electrons. The fourth-order valence-electron chi connectivity index (χ4n) is 1.93. The third-order valence-corrected chi connectivity index (χ3v) is 2.81. The number of aromatic nitrogens is 3. The number of nitrogens with zero attached hydrogens (tertiary/aromatic N) is 4. The summed E-state index contributed by atoms with van der Waals surface area (Å²) in [5.41, 5.74) is 5.68. The lowest BCUT2D eigenvalue weighted by molar-refractivity contribution is -0.118. The van der Waals surface area contributed by atoms with Gasteiger partial charge in [-0.25, -0.2) is 0 Å². The molecule has 1 aliphatic rings. The van der Waals surface area contributed by atoms with E-state index < -0.39 is 0 Å². The number of hydrogen-bond donors (Lipinski definition) is 3. The van der Waals surface area contributed by atoms with Crippen LogP contribution in [0.5, 0.6) is 0 Å². The van der Waals surface area contributed by atoms with Crippen LogP contribution in [0.3, 0.4) is 0 Å². The minimum atomic E-state index is -0.0604. The van der Waals surface area contributed by atoms with Crippen molar-refractivity contribution in [2.45, 2.75) is 19.8 Å². The van der Waals surface area contributed by atoms with Crippen LogP contribution in [-0.4, -0.2) is 47.0 Å². The van der Waals surface area contributed by atoms with E-state index in [4.69, 9.17) is 5.73 Å². The highest BCUT2D eigenvalue weighted by molar-refractivity contribution is 5.72. The van der Waals surface area contributed by atoms with Gasteiger partial charge in [-0.05, 0) is 12.8 Å². The van der Waals surface area contributed by atoms with Crippen LogP contribution in [0.15, 0.2) is 0 Å². The molecule has 104 valence electrons. The molecule has 8 nitrogen and oxygen atoms in total. The predicted molar refractivity (Wildman–Crippen MR) is 72.9 cm³/mol. The van der Waals surface area contributed by atoms with Gasteiger partial charge in [-0.15, -0.1) is 0 Å². The quantitative estimate of drug-likeness (QED) is 0.621. The second kappa shape index (κ2) is 6.17. The first-order valence-electron chi connectivity index (χ1n) is 6.40. The van der Waals surface area contributed by atoms with E-state index in [1.165, 1.54) is 6.92 Å². The van der Waals surface area contributed by atoms with Crippen molar-refractivity contribution < 1.29 is 4.79 Å². The van der Waals surface area contributed by atoms with Crippen LogP contribution in [0.1, 0.15) is 19.8 Å². The standard InChI is InChI=1S/C11H19N7O/c1-8(19)13-4-5-14-10-15-9(12)16-11(17-10)18-6-2-3-7-18/h2-7H2,1H3,(H,13,19)(H3,12,14,15,16,17). The molecule has 4 N–H and O–H groups in total. The molecule has 8 heteroatoms. The van der Waals surface area contributed by atoms with Crippen molar-refractivity contribution >= 4 is 23.8 Å². The summed E-state index contributed by atoms with van der Waals surface area (Å²) in [6, 6.07) is 0. The zero-order valence-electron chi connectivity index (χ0n) is 11.0. The molecule has 0 bridgehead atoms. The van der Waals surface area contributed by atoms with Crippen molar-refractivity contribution in [3.8, 4) is 0 Å². The summed E-state index contributed by atoms with van der Waals surface area (Å²) in [5.74, 6) is 1.21. The Labute approximate surface area is 111 Å². The smallest absolute Gasteiger partial charge is 0.231 e. The van der Waals surface area contributed by atoms with Gasteiger partial charge in [0.25, 0.3) is 0 Å². The van der Waals surface area contributed by atoms with Gasteiger partial charge in [0.2, 0.25) is 23.8 Å². The predicted octanol–water partition coefficient (Wildman–Crippen LogP) is -0.398. The first kappa shape index (κ1) is 13.3. The number of anilines is 3. The Morgan fingerprint density at radius 3 is 2.68 bits per heavy atom. The molecule has 1 aromatic heterocycles. The Morgan fingerprint density at radius 2 is 2.00 bits per heavy atom. The second-order valence-corrected chi connectivity index (χ2v) is 4.42. The summed E-state index contributed by atoms with van der Waals surface area (Å²) in [6.45, 7) is 4.44. The molecule has 1 aromatic rings. The summed E-state index contributed by atoms with van der Waals surface area (Å²) < 4.78 is 0. The summed E-state index contributed by atoms with van der Waals surface area (Å²) in [6.07, 6.45) is 2.30. The SMILES string of the molecule is CC(=O)NCCNc1nc(N)nc(N2CCCC2)n1. The minimum Gasteiger partial charge on any atom is -0.368 e. The third-order valence-electron chi connectivity index (χ3n) is 2.81. The van der Waals surface area contributed by atoms with Crippen LogP contribution < -0.4 is 21.3 Å². The molecule has 0 spiro atoms. The Balaban J connectivity index is 1.94. The number of amides is 1. The molecule has 0 aromatic carbocycles. The lowest BCUT2D eigenvalue weighted by atomic mass is 10.4. The van der Waals surface area contributed by atoms with Crippen LogP contribution in [0.25, 0.3) is 0 Å². The van der Waals surface area contributed by atoms with Gasteiger partial charge >= 0.3 is 0 Å². The Hall–Kier alpha value is -2.12. The van der Waals surface area contributed by atoms with E-state index >= 15 is 0 Å². The normalized spacial score (nSPS) is 14.5. The maximum atomic E-state index is 10.7. The van der Waals surface area contributed by atoms with Gasteiger partial charge in [0.05, 0.1) is 0 Å². The highest BCUT2D eigenvalue weighted by Gasteiger charge is 2.16. The number of nitrogens with two attached hydrogens (primary N) is 1. The van der Waals surface area contributed by atoms with Crippen LogP contribution in [-0.2, 0) is 4.79 Å². The van der Waals surface area contributed by atoms with E-state index in [1.54, 1.807) is 0 Å². The molecule has 2 rings (SSSR count). The Bertz CT molecular complexity index is 445. The van der Waals surface area contributed by atoms with E-state index in [0.29, 0.717) is 25.0 Å². The van der Waals surface area contributed by atoms with Gasteiger partial charge in [0, 0.05) is 33.1 Å². The molecule has 1 fully saturated rings. The van der Waals surface area contributed by atoms with Gasteiger partial charge in [0.1, 0.15) is 0 Å². The first-order chi connectivity index (χ1) is 9.15. The van der Waals surface area contributed by atoms with Crippen molar-refractivity contribution in [1.29, 1.82) is 0 Å². The van der Waals surface area contributed by atoms with Crippen LogP contribution in [0.2, 0.25) is 0 Å². The maximum Gasteiger partial charge on any atom is 0.231 e. The monoisotopic (exact) mass is 265 g/mol. The van der Waals surface area contributed by atoms with Gasteiger partial charge in [-0.3, -0.25) is 4.79 Å². The van der Waals surface area contributed by atoms with E-state index in [2.05, 4.69) is 30.5 Å². The zero-order valence-corrected chi connectivity index (χ0v) is 11.0. The molecule has 0 unspecified atom stereocenters. The molecule has 0 saturated carbocycles. The van der Waals surface area contributed by atoms with E-state index in [1.807, 2.05) is 0 Å². The molecule has 1 amide bonds. The molecule has 2 heterocycles. The van der Waals surface area contributed by atoms with Gasteiger partial charge in [-0.1, -0.05) is 0 Å². The number of hydrogen-bond acceptors (Lipinski definition) is 7. The lowest BCUT2D eigenvalue weighted by Crippen LogP contribution is -2.27. The van der Waals surface area contributed by atoms with E-state index in [9.17, 15) is 4.79 Å². The number of carbonyl (C=O) groups excluding carboxylic acids is 1. The minimum absolute atomic E-state index is 0.0604. The molecule has 1 saturated heterocycles. The van der Waals surface area contributed by atoms with Crippen molar-refractivity contribution in [2.75, 3.05) is 42.1 Å². The third kappa shape index (κ3) is 3.94. The topological polar surface area (TPSA) is 109 Å². The molecule has 1 aliphatic heterocycles. The molecule has 0 atom stereocenters. The second-order valence-electron chi connectivity index (χ2n) is 4.42.